The summed E-state index contributed by atoms with van der Waals surface area (Å²) in [6, 6.07) is 17.9. The van der Waals surface area contributed by atoms with Gasteiger partial charge in [-0.1, -0.05) is 55.5 Å². The lowest BCUT2D eigenvalue weighted by Gasteiger charge is -2.19. The highest BCUT2D eigenvalue weighted by atomic mass is 32.1. The van der Waals surface area contributed by atoms with E-state index in [1.165, 1.54) is 15.6 Å². The largest absolute Gasteiger partial charge is 0.355 e. The summed E-state index contributed by atoms with van der Waals surface area (Å²) in [5, 5.41) is 6.48. The minimum Gasteiger partial charge on any atom is -0.355 e. The number of carbonyl (C=O) groups excluding carboxylic acids is 1. The number of hydrogen-bond donors (Lipinski definition) is 2. The van der Waals surface area contributed by atoms with Crippen molar-refractivity contribution in [3.05, 3.63) is 71.1 Å². The Balaban J connectivity index is 1.55. The maximum absolute atomic E-state index is 12.4. The standard InChI is InChI=1S/C20H22N2OS/c1-14(19(21)15-7-3-2-4-8-15)20(23)22-12-11-16-13-24-18-10-6-5-9-17(16)18/h2-10,13-14,19H,11-12,21H2,1H3,(H,22,23). The summed E-state index contributed by atoms with van der Waals surface area (Å²) in [5.74, 6) is -0.252. The van der Waals surface area contributed by atoms with Gasteiger partial charge in [0.15, 0.2) is 0 Å². The van der Waals surface area contributed by atoms with E-state index in [1.54, 1.807) is 11.3 Å². The van der Waals surface area contributed by atoms with Crippen LogP contribution in [-0.4, -0.2) is 12.5 Å². The summed E-state index contributed by atoms with van der Waals surface area (Å²) in [6.07, 6.45) is 0.836. The number of rotatable bonds is 6. The Morgan fingerprint density at radius 3 is 2.62 bits per heavy atom. The van der Waals surface area contributed by atoms with Gasteiger partial charge in [-0.3, -0.25) is 4.79 Å². The van der Waals surface area contributed by atoms with E-state index < -0.39 is 0 Å². The van der Waals surface area contributed by atoms with E-state index in [9.17, 15) is 4.79 Å². The second-order valence-electron chi connectivity index (χ2n) is 6.02. The number of thiophene rings is 1. The number of hydrogen-bond acceptors (Lipinski definition) is 3. The van der Waals surface area contributed by atoms with Gasteiger partial charge in [0.2, 0.25) is 5.91 Å². The summed E-state index contributed by atoms with van der Waals surface area (Å²) in [6.45, 7) is 2.51. The van der Waals surface area contributed by atoms with Crippen LogP contribution in [0.3, 0.4) is 0 Å². The minimum atomic E-state index is -0.284. The van der Waals surface area contributed by atoms with Gasteiger partial charge in [-0.2, -0.15) is 0 Å². The normalized spacial score (nSPS) is 13.6. The van der Waals surface area contributed by atoms with Crippen LogP contribution in [0, 0.1) is 5.92 Å². The van der Waals surface area contributed by atoms with E-state index in [-0.39, 0.29) is 17.9 Å². The summed E-state index contributed by atoms with van der Waals surface area (Å²) in [7, 11) is 0. The molecule has 3 N–H and O–H groups in total. The van der Waals surface area contributed by atoms with E-state index in [4.69, 9.17) is 5.73 Å². The van der Waals surface area contributed by atoms with Gasteiger partial charge in [-0.05, 0) is 34.4 Å². The highest BCUT2D eigenvalue weighted by molar-refractivity contribution is 7.17. The van der Waals surface area contributed by atoms with Gasteiger partial charge in [-0.15, -0.1) is 11.3 Å². The summed E-state index contributed by atoms with van der Waals surface area (Å²) in [4.78, 5) is 12.4. The third kappa shape index (κ3) is 3.66. The zero-order valence-corrected chi connectivity index (χ0v) is 14.6. The van der Waals surface area contributed by atoms with Crippen LogP contribution >= 0.6 is 11.3 Å². The van der Waals surface area contributed by atoms with Gasteiger partial charge < -0.3 is 11.1 Å². The molecule has 0 aliphatic rings. The summed E-state index contributed by atoms with van der Waals surface area (Å²) >= 11 is 1.75. The first-order valence-corrected chi connectivity index (χ1v) is 9.08. The number of nitrogens with one attached hydrogen (secondary N) is 1. The molecule has 3 nitrogen and oxygen atoms in total. The maximum Gasteiger partial charge on any atom is 0.224 e. The molecular weight excluding hydrogens is 316 g/mol. The Morgan fingerprint density at radius 1 is 1.12 bits per heavy atom. The van der Waals surface area contributed by atoms with E-state index in [2.05, 4.69) is 35.0 Å². The average molecular weight is 338 g/mol. The van der Waals surface area contributed by atoms with Gasteiger partial charge in [0.1, 0.15) is 0 Å². The molecule has 3 rings (SSSR count). The van der Waals surface area contributed by atoms with Crippen LogP contribution in [0.25, 0.3) is 10.1 Å². The molecule has 124 valence electrons. The molecule has 0 fully saturated rings. The number of benzene rings is 2. The molecule has 0 saturated carbocycles. The molecule has 24 heavy (non-hydrogen) atoms. The van der Waals surface area contributed by atoms with E-state index in [1.807, 2.05) is 37.3 Å². The third-order valence-corrected chi connectivity index (χ3v) is 5.40. The number of amides is 1. The lowest BCUT2D eigenvalue weighted by Crippen LogP contribution is -2.36. The monoisotopic (exact) mass is 338 g/mol. The quantitative estimate of drug-likeness (QED) is 0.716. The molecule has 0 bridgehead atoms. The molecule has 4 heteroatoms. The first kappa shape index (κ1) is 16.7. The molecule has 0 aliphatic heterocycles. The van der Waals surface area contributed by atoms with E-state index >= 15 is 0 Å². The second kappa shape index (κ2) is 7.60. The zero-order chi connectivity index (χ0) is 16.9. The predicted octanol–water partition coefficient (Wildman–Crippen LogP) is 3.90. The molecule has 0 radical (unpaired) electrons. The van der Waals surface area contributed by atoms with Crippen LogP contribution in [0.15, 0.2) is 60.0 Å². The Hall–Kier alpha value is -2.17. The predicted molar refractivity (Wildman–Crippen MR) is 101 cm³/mol. The molecule has 0 saturated heterocycles. The Morgan fingerprint density at radius 2 is 1.83 bits per heavy atom. The van der Waals surface area contributed by atoms with E-state index in [0.29, 0.717) is 6.54 Å². The molecule has 0 aliphatic carbocycles. The van der Waals surface area contributed by atoms with Gasteiger partial charge in [0.05, 0.1) is 5.92 Å². The summed E-state index contributed by atoms with van der Waals surface area (Å²) < 4.78 is 1.29. The molecular formula is C20H22N2OS. The van der Waals surface area contributed by atoms with Crippen molar-refractivity contribution in [2.75, 3.05) is 6.54 Å². The van der Waals surface area contributed by atoms with Crippen LogP contribution in [0.4, 0.5) is 0 Å². The van der Waals surface area contributed by atoms with Gasteiger partial charge in [-0.25, -0.2) is 0 Å². The Labute approximate surface area is 146 Å². The van der Waals surface area contributed by atoms with Crippen LogP contribution in [0.2, 0.25) is 0 Å². The lowest BCUT2D eigenvalue weighted by atomic mass is 9.94. The van der Waals surface area contributed by atoms with Crippen molar-refractivity contribution < 1.29 is 4.79 Å². The highest BCUT2D eigenvalue weighted by Crippen LogP contribution is 2.25. The molecule has 0 spiro atoms. The molecule has 2 atom stereocenters. The van der Waals surface area contributed by atoms with Crippen LogP contribution in [-0.2, 0) is 11.2 Å². The Kier molecular flexibility index (Phi) is 5.28. The molecule has 3 aromatic rings. The van der Waals surface area contributed by atoms with Crippen molar-refractivity contribution in [2.24, 2.45) is 11.7 Å². The van der Waals surface area contributed by atoms with Crippen LogP contribution < -0.4 is 11.1 Å². The van der Waals surface area contributed by atoms with Gasteiger partial charge in [0.25, 0.3) is 0 Å². The van der Waals surface area contributed by atoms with Crippen molar-refractivity contribution in [2.45, 2.75) is 19.4 Å². The molecule has 1 amide bonds. The smallest absolute Gasteiger partial charge is 0.224 e. The number of fused-ring (bicyclic) bond motifs is 1. The van der Waals surface area contributed by atoms with Crippen LogP contribution in [0.5, 0.6) is 0 Å². The fourth-order valence-electron chi connectivity index (χ4n) is 2.83. The van der Waals surface area contributed by atoms with Crippen molar-refractivity contribution in [3.8, 4) is 0 Å². The summed E-state index contributed by atoms with van der Waals surface area (Å²) in [5.41, 5.74) is 8.50. The van der Waals surface area contributed by atoms with Crippen LogP contribution in [0.1, 0.15) is 24.1 Å². The zero-order valence-electron chi connectivity index (χ0n) is 13.7. The SMILES string of the molecule is CC(C(=O)NCCc1csc2ccccc12)C(N)c1ccccc1. The molecule has 2 unspecified atom stereocenters. The second-order valence-corrected chi connectivity index (χ2v) is 6.93. The topological polar surface area (TPSA) is 55.1 Å². The van der Waals surface area contributed by atoms with E-state index in [0.717, 1.165) is 12.0 Å². The maximum atomic E-state index is 12.4. The molecule has 2 aromatic carbocycles. The van der Waals surface area contributed by atoms with Crippen molar-refractivity contribution in [1.29, 1.82) is 0 Å². The number of nitrogens with two attached hydrogens (primary N) is 1. The number of carbonyl (C=O) groups is 1. The average Bonchev–Trinajstić information content (AvgIpc) is 3.04. The first-order valence-electron chi connectivity index (χ1n) is 8.20. The fraction of sp³-hybridized carbons (Fsp3) is 0.250. The Bertz CT molecular complexity index is 813. The molecule has 1 aromatic heterocycles. The lowest BCUT2D eigenvalue weighted by molar-refractivity contribution is -0.125. The van der Waals surface area contributed by atoms with Gasteiger partial charge >= 0.3 is 0 Å². The van der Waals surface area contributed by atoms with Gasteiger partial charge in [0, 0.05) is 17.3 Å². The third-order valence-electron chi connectivity index (χ3n) is 4.39. The van der Waals surface area contributed by atoms with Crippen molar-refractivity contribution in [3.63, 3.8) is 0 Å². The fourth-order valence-corrected chi connectivity index (χ4v) is 3.83. The highest BCUT2D eigenvalue weighted by Gasteiger charge is 2.21. The molecule has 1 heterocycles. The minimum absolute atomic E-state index is 0.00545. The first-order chi connectivity index (χ1) is 11.7. The van der Waals surface area contributed by atoms with Crippen molar-refractivity contribution >= 4 is 27.3 Å². The van der Waals surface area contributed by atoms with Crippen molar-refractivity contribution in [1.82, 2.24) is 5.32 Å².